The molecule has 4 nitrogen and oxygen atoms in total. The second-order valence-electron chi connectivity index (χ2n) is 3.79. The summed E-state index contributed by atoms with van der Waals surface area (Å²) < 4.78 is 1.62. The Morgan fingerprint density at radius 2 is 1.72 bits per heavy atom. The van der Waals surface area contributed by atoms with Crippen molar-refractivity contribution in [2.45, 2.75) is 0 Å². The van der Waals surface area contributed by atoms with Crippen molar-refractivity contribution in [2.75, 3.05) is 5.32 Å². The summed E-state index contributed by atoms with van der Waals surface area (Å²) in [7, 11) is 0. The van der Waals surface area contributed by atoms with Gasteiger partial charge in [-0.25, -0.2) is 0 Å². The van der Waals surface area contributed by atoms with E-state index in [0.29, 0.717) is 5.11 Å². The minimum absolute atomic E-state index is 0.509. The second kappa shape index (κ2) is 4.54. The summed E-state index contributed by atoms with van der Waals surface area (Å²) in [5.41, 5.74) is 2.66. The van der Waals surface area contributed by atoms with Crippen molar-refractivity contribution in [1.29, 1.82) is 0 Å². The smallest absolute Gasteiger partial charge is 0.200 e. The summed E-state index contributed by atoms with van der Waals surface area (Å²) in [6.45, 7) is 0. The molecule has 0 unspecified atom stereocenters. The third kappa shape index (κ3) is 1.96. The molecule has 0 aliphatic heterocycles. The highest BCUT2D eigenvalue weighted by Crippen LogP contribution is 2.11. The van der Waals surface area contributed by atoms with Crippen LogP contribution in [0.5, 0.6) is 0 Å². The molecule has 0 aliphatic carbocycles. The van der Waals surface area contributed by atoms with Gasteiger partial charge < -0.3 is 5.32 Å². The van der Waals surface area contributed by atoms with Gasteiger partial charge in [-0.05, 0) is 36.5 Å². The van der Waals surface area contributed by atoms with E-state index in [0.717, 1.165) is 16.7 Å². The zero-order valence-corrected chi connectivity index (χ0v) is 10.3. The van der Waals surface area contributed by atoms with Crippen molar-refractivity contribution < 1.29 is 0 Å². The van der Waals surface area contributed by atoms with Gasteiger partial charge in [-0.3, -0.25) is 0 Å². The number of thiocarbonyl (C=S) groups is 1. The third-order valence-electron chi connectivity index (χ3n) is 2.57. The third-order valence-corrected chi connectivity index (χ3v) is 2.84. The first-order chi connectivity index (χ1) is 8.84. The lowest BCUT2D eigenvalue weighted by molar-refractivity contribution is 0.870. The predicted octanol–water partition coefficient (Wildman–Crippen LogP) is 2.68. The average Bonchev–Trinajstić information content (AvgIpc) is 2.84. The predicted molar refractivity (Wildman–Crippen MR) is 75.6 cm³/mol. The van der Waals surface area contributed by atoms with Gasteiger partial charge in [0, 0.05) is 5.69 Å². The molecule has 0 fully saturated rings. The number of benzene rings is 2. The number of nitrogens with zero attached hydrogens (tertiary/aromatic N) is 3. The summed E-state index contributed by atoms with van der Waals surface area (Å²) in [5.74, 6) is 0. The molecule has 0 atom stereocenters. The van der Waals surface area contributed by atoms with Gasteiger partial charge in [-0.1, -0.05) is 35.5 Å². The van der Waals surface area contributed by atoms with Crippen molar-refractivity contribution in [1.82, 2.24) is 15.0 Å². The molecule has 2 aromatic carbocycles. The highest BCUT2D eigenvalue weighted by Gasteiger charge is 2.07. The Morgan fingerprint density at radius 1 is 1.00 bits per heavy atom. The number of fused-ring (bicyclic) bond motifs is 1. The largest absolute Gasteiger partial charge is 0.331 e. The standard InChI is InChI=1S/C13H10N4S/c18-13(14-10-6-2-1-3-7-10)17-12-9-5-4-8-11(12)15-16-17/h1-9H,(H,14,18). The van der Waals surface area contributed by atoms with E-state index in [4.69, 9.17) is 12.2 Å². The second-order valence-corrected chi connectivity index (χ2v) is 4.17. The van der Waals surface area contributed by atoms with E-state index in [1.165, 1.54) is 0 Å². The van der Waals surface area contributed by atoms with Gasteiger partial charge in [-0.15, -0.1) is 5.10 Å². The van der Waals surface area contributed by atoms with E-state index < -0.39 is 0 Å². The lowest BCUT2D eigenvalue weighted by Crippen LogP contribution is -2.20. The number of anilines is 1. The molecule has 0 aliphatic rings. The summed E-state index contributed by atoms with van der Waals surface area (Å²) in [4.78, 5) is 0. The minimum atomic E-state index is 0.509. The van der Waals surface area contributed by atoms with E-state index >= 15 is 0 Å². The number of para-hydroxylation sites is 2. The van der Waals surface area contributed by atoms with Crippen LogP contribution < -0.4 is 5.32 Å². The first-order valence-electron chi connectivity index (χ1n) is 5.51. The van der Waals surface area contributed by atoms with Crippen molar-refractivity contribution >= 4 is 34.1 Å². The Morgan fingerprint density at radius 3 is 2.56 bits per heavy atom. The minimum Gasteiger partial charge on any atom is -0.331 e. The quantitative estimate of drug-likeness (QED) is 0.678. The highest BCUT2D eigenvalue weighted by atomic mass is 32.1. The molecule has 0 bridgehead atoms. The average molecular weight is 254 g/mol. The zero-order valence-electron chi connectivity index (χ0n) is 9.45. The molecule has 0 spiro atoms. The van der Waals surface area contributed by atoms with Gasteiger partial charge in [0.1, 0.15) is 5.52 Å². The molecule has 0 saturated heterocycles. The SMILES string of the molecule is S=C(Nc1ccccc1)n1nnc2ccccc21. The van der Waals surface area contributed by atoms with Gasteiger partial charge in [0.15, 0.2) is 0 Å². The fraction of sp³-hybridized carbons (Fsp3) is 0. The maximum absolute atomic E-state index is 5.33. The number of hydrogen-bond donors (Lipinski definition) is 1. The molecular formula is C13H10N4S. The molecule has 3 aromatic rings. The molecule has 1 aromatic heterocycles. The Bertz CT molecular complexity index is 690. The molecule has 18 heavy (non-hydrogen) atoms. The molecule has 1 heterocycles. The first-order valence-corrected chi connectivity index (χ1v) is 5.92. The summed E-state index contributed by atoms with van der Waals surface area (Å²) >= 11 is 5.33. The van der Waals surface area contributed by atoms with Crippen LogP contribution in [-0.4, -0.2) is 20.1 Å². The monoisotopic (exact) mass is 254 g/mol. The maximum Gasteiger partial charge on any atom is 0.200 e. The zero-order chi connectivity index (χ0) is 12.4. The number of hydrogen-bond acceptors (Lipinski definition) is 3. The Labute approximate surface area is 109 Å². The maximum atomic E-state index is 5.33. The normalized spacial score (nSPS) is 10.4. The van der Waals surface area contributed by atoms with Gasteiger partial charge in [0.05, 0.1) is 5.52 Å². The molecule has 1 N–H and O–H groups in total. The van der Waals surface area contributed by atoms with Crippen molar-refractivity contribution in [2.24, 2.45) is 0 Å². The van der Waals surface area contributed by atoms with E-state index in [2.05, 4.69) is 15.6 Å². The lowest BCUT2D eigenvalue weighted by Gasteiger charge is -2.07. The van der Waals surface area contributed by atoms with Crippen molar-refractivity contribution in [3.8, 4) is 0 Å². The van der Waals surface area contributed by atoms with E-state index in [9.17, 15) is 0 Å². The topological polar surface area (TPSA) is 42.7 Å². The summed E-state index contributed by atoms with van der Waals surface area (Å²) in [6, 6.07) is 17.5. The van der Waals surface area contributed by atoms with Crippen molar-refractivity contribution in [3.05, 3.63) is 54.6 Å². The van der Waals surface area contributed by atoms with Gasteiger partial charge >= 0.3 is 0 Å². The number of aromatic nitrogens is 3. The fourth-order valence-electron chi connectivity index (χ4n) is 1.72. The van der Waals surface area contributed by atoms with Gasteiger partial charge in [-0.2, -0.15) is 4.68 Å². The number of nitrogens with one attached hydrogen (secondary N) is 1. The lowest BCUT2D eigenvalue weighted by atomic mass is 10.3. The van der Waals surface area contributed by atoms with Crippen molar-refractivity contribution in [3.63, 3.8) is 0 Å². The highest BCUT2D eigenvalue weighted by molar-refractivity contribution is 7.80. The van der Waals surface area contributed by atoms with Gasteiger partial charge in [0.2, 0.25) is 5.11 Å². The molecule has 0 amide bonds. The van der Waals surface area contributed by atoms with Crippen LogP contribution in [-0.2, 0) is 0 Å². The van der Waals surface area contributed by atoms with Crippen LogP contribution in [0.1, 0.15) is 0 Å². The first kappa shape index (κ1) is 10.9. The summed E-state index contributed by atoms with van der Waals surface area (Å²) in [6.07, 6.45) is 0. The molecular weight excluding hydrogens is 244 g/mol. The fourth-order valence-corrected chi connectivity index (χ4v) is 1.97. The Kier molecular flexibility index (Phi) is 2.74. The molecule has 5 heteroatoms. The van der Waals surface area contributed by atoms with Gasteiger partial charge in [0.25, 0.3) is 0 Å². The van der Waals surface area contributed by atoms with Crippen LogP contribution >= 0.6 is 12.2 Å². The number of rotatable bonds is 1. The molecule has 3 rings (SSSR count). The Balaban J connectivity index is 1.93. The van der Waals surface area contributed by atoms with Crippen LogP contribution in [0.15, 0.2) is 54.6 Å². The van der Waals surface area contributed by atoms with Crippen LogP contribution in [0.4, 0.5) is 5.69 Å². The summed E-state index contributed by atoms with van der Waals surface area (Å²) in [5, 5.41) is 11.8. The van der Waals surface area contributed by atoms with E-state index in [-0.39, 0.29) is 0 Å². The Hall–Kier alpha value is -2.27. The van der Waals surface area contributed by atoms with Crippen LogP contribution in [0, 0.1) is 0 Å². The van der Waals surface area contributed by atoms with E-state index in [1.807, 2.05) is 54.6 Å². The molecule has 88 valence electrons. The molecule has 0 saturated carbocycles. The van der Waals surface area contributed by atoms with Crippen LogP contribution in [0.2, 0.25) is 0 Å². The van der Waals surface area contributed by atoms with E-state index in [1.54, 1.807) is 4.68 Å². The van der Waals surface area contributed by atoms with Crippen LogP contribution in [0.25, 0.3) is 11.0 Å². The molecule has 0 radical (unpaired) electrons. The van der Waals surface area contributed by atoms with Crippen LogP contribution in [0.3, 0.4) is 0 Å².